The van der Waals surface area contributed by atoms with E-state index < -0.39 is 0 Å². The van der Waals surface area contributed by atoms with Gasteiger partial charge in [-0.15, -0.1) is 0 Å². The number of ether oxygens (including phenoxy) is 4. The van der Waals surface area contributed by atoms with Crippen molar-refractivity contribution in [2.24, 2.45) is 34.5 Å². The van der Waals surface area contributed by atoms with Crippen LogP contribution in [0.15, 0.2) is 0 Å². The quantitative estimate of drug-likeness (QED) is 0.302. The summed E-state index contributed by atoms with van der Waals surface area (Å²) in [7, 11) is 0. The normalized spacial score (nSPS) is 22.4. The molecule has 0 amide bonds. The van der Waals surface area contributed by atoms with Crippen molar-refractivity contribution < 1.29 is 18.9 Å². The van der Waals surface area contributed by atoms with E-state index in [2.05, 4.69) is 55.4 Å². The lowest BCUT2D eigenvalue weighted by molar-refractivity contribution is -0.0821. The summed E-state index contributed by atoms with van der Waals surface area (Å²) in [4.78, 5) is 0. The standard InChI is InChI=1S/C9H18O.C7H14O.2C5H10O.4C2H6/c1-9(2,3)8-4-6-10-7-5-8;1-7(2,3)6-4-8-5-6;2*1-5-2-3-6-4-5;4*1-2/h8H,4-7H2,1-3H3;6H,4-5H2,1-3H3;2*5H,2-4H2,1H3;4*1-2H3/t;;2*5-;;;;/m..10..../s1. The molecule has 2 atom stereocenters. The molecular weight excluding hydrogens is 472 g/mol. The van der Waals surface area contributed by atoms with E-state index in [0.29, 0.717) is 10.8 Å². The first-order valence-electron chi connectivity index (χ1n) is 16.3. The van der Waals surface area contributed by atoms with Crippen LogP contribution in [-0.4, -0.2) is 52.9 Å². The molecule has 4 rings (SSSR count). The molecule has 0 saturated carbocycles. The van der Waals surface area contributed by atoms with Gasteiger partial charge < -0.3 is 18.9 Å². The highest BCUT2D eigenvalue weighted by molar-refractivity contribution is 4.78. The molecule has 4 aliphatic rings. The van der Waals surface area contributed by atoms with Crippen LogP contribution in [0.2, 0.25) is 0 Å². The van der Waals surface area contributed by atoms with E-state index in [9.17, 15) is 0 Å². The minimum absolute atomic E-state index is 0.470. The molecule has 0 spiro atoms. The van der Waals surface area contributed by atoms with Gasteiger partial charge in [-0.2, -0.15) is 0 Å². The molecule has 0 radical (unpaired) electrons. The molecule has 4 fully saturated rings. The fourth-order valence-corrected chi connectivity index (χ4v) is 3.60. The minimum Gasteiger partial charge on any atom is -0.381 e. The Hall–Kier alpha value is -0.160. The van der Waals surface area contributed by atoms with E-state index in [4.69, 9.17) is 18.9 Å². The second-order valence-corrected chi connectivity index (χ2v) is 11.8. The molecule has 0 N–H and O–H groups in total. The Morgan fingerprint density at radius 2 is 0.711 bits per heavy atom. The largest absolute Gasteiger partial charge is 0.381 e. The van der Waals surface area contributed by atoms with Gasteiger partial charge in [-0.1, -0.05) is 111 Å². The average molecular weight is 549 g/mol. The summed E-state index contributed by atoms with van der Waals surface area (Å²) in [6.45, 7) is 42.0. The molecular formula is C34H76O4. The second kappa shape index (κ2) is 29.8. The third-order valence-corrected chi connectivity index (χ3v) is 6.62. The van der Waals surface area contributed by atoms with Gasteiger partial charge in [0.05, 0.1) is 13.2 Å². The summed E-state index contributed by atoms with van der Waals surface area (Å²) in [5.41, 5.74) is 0.960. The van der Waals surface area contributed by atoms with E-state index in [1.54, 1.807) is 0 Å². The second-order valence-electron chi connectivity index (χ2n) is 11.8. The maximum atomic E-state index is 5.29. The number of hydrogen-bond donors (Lipinski definition) is 0. The molecule has 0 aromatic rings. The summed E-state index contributed by atoms with van der Waals surface area (Å²) in [6.07, 6.45) is 5.03. The van der Waals surface area contributed by atoms with Crippen molar-refractivity contribution in [2.75, 3.05) is 52.9 Å². The Morgan fingerprint density at radius 1 is 0.395 bits per heavy atom. The fraction of sp³-hybridized carbons (Fsp3) is 1.00. The molecule has 0 aromatic heterocycles. The van der Waals surface area contributed by atoms with Gasteiger partial charge in [0.2, 0.25) is 0 Å². The zero-order chi connectivity index (χ0) is 30.6. The zero-order valence-electron chi connectivity index (χ0n) is 29.4. The zero-order valence-corrected chi connectivity index (χ0v) is 29.4. The number of rotatable bonds is 0. The summed E-state index contributed by atoms with van der Waals surface area (Å²) < 4.78 is 20.5. The van der Waals surface area contributed by atoms with E-state index in [0.717, 1.165) is 76.5 Å². The number of hydrogen-bond acceptors (Lipinski definition) is 4. The smallest absolute Gasteiger partial charge is 0.0521 e. The van der Waals surface area contributed by atoms with Crippen LogP contribution in [-0.2, 0) is 18.9 Å². The third-order valence-electron chi connectivity index (χ3n) is 6.62. The Morgan fingerprint density at radius 3 is 0.816 bits per heavy atom. The molecule has 38 heavy (non-hydrogen) atoms. The molecule has 0 bridgehead atoms. The molecule has 0 unspecified atom stereocenters. The first-order chi connectivity index (χ1) is 18.0. The van der Waals surface area contributed by atoms with Crippen molar-refractivity contribution in [2.45, 2.75) is 136 Å². The van der Waals surface area contributed by atoms with Crippen LogP contribution < -0.4 is 0 Å². The van der Waals surface area contributed by atoms with Crippen LogP contribution in [0.5, 0.6) is 0 Å². The predicted octanol–water partition coefficient (Wildman–Crippen LogP) is 10.3. The fourth-order valence-electron chi connectivity index (χ4n) is 3.60. The van der Waals surface area contributed by atoms with Gasteiger partial charge in [0.1, 0.15) is 0 Å². The molecule has 4 heterocycles. The Bertz CT molecular complexity index is 389. The highest BCUT2D eigenvalue weighted by atomic mass is 16.5. The molecule has 4 heteroatoms. The van der Waals surface area contributed by atoms with Gasteiger partial charge in [-0.05, 0) is 54.3 Å². The van der Waals surface area contributed by atoms with Crippen LogP contribution in [0.25, 0.3) is 0 Å². The maximum absolute atomic E-state index is 5.29. The molecule has 4 saturated heterocycles. The van der Waals surface area contributed by atoms with Gasteiger partial charge in [-0.25, -0.2) is 0 Å². The first kappa shape index (κ1) is 44.8. The Labute approximate surface area is 242 Å². The van der Waals surface area contributed by atoms with Crippen LogP contribution in [0.1, 0.15) is 136 Å². The van der Waals surface area contributed by atoms with Crippen molar-refractivity contribution in [3.05, 3.63) is 0 Å². The summed E-state index contributed by atoms with van der Waals surface area (Å²) in [5.74, 6) is 3.33. The molecule has 236 valence electrons. The van der Waals surface area contributed by atoms with Crippen molar-refractivity contribution in [1.82, 2.24) is 0 Å². The lowest BCUT2D eigenvalue weighted by atomic mass is 9.76. The Balaban J connectivity index is -0.000000189. The predicted molar refractivity (Wildman–Crippen MR) is 171 cm³/mol. The monoisotopic (exact) mass is 549 g/mol. The Kier molecular flexibility index (Phi) is 35.2. The van der Waals surface area contributed by atoms with Crippen LogP contribution in [0, 0.1) is 34.5 Å². The van der Waals surface area contributed by atoms with Crippen molar-refractivity contribution in [3.8, 4) is 0 Å². The maximum Gasteiger partial charge on any atom is 0.0521 e. The molecule has 0 aliphatic carbocycles. The van der Waals surface area contributed by atoms with E-state index in [1.165, 1.54) is 25.7 Å². The molecule has 0 aromatic carbocycles. The van der Waals surface area contributed by atoms with E-state index in [1.807, 2.05) is 55.4 Å². The lowest BCUT2D eigenvalue weighted by Crippen LogP contribution is -2.37. The minimum atomic E-state index is 0.470. The third kappa shape index (κ3) is 27.4. The summed E-state index contributed by atoms with van der Waals surface area (Å²) >= 11 is 0. The lowest BCUT2D eigenvalue weighted by Gasteiger charge is -2.37. The van der Waals surface area contributed by atoms with Crippen LogP contribution >= 0.6 is 0 Å². The van der Waals surface area contributed by atoms with Gasteiger partial charge in [0, 0.05) is 45.6 Å². The topological polar surface area (TPSA) is 36.9 Å². The SMILES string of the molecule is CC.CC.CC.CC.CC(C)(C)C1CCOCC1.CC(C)(C)C1COC1.C[C@@H]1CCOC1.C[C@H]1CCOC1. The van der Waals surface area contributed by atoms with Crippen LogP contribution in [0.4, 0.5) is 0 Å². The van der Waals surface area contributed by atoms with Gasteiger partial charge in [-0.3, -0.25) is 0 Å². The van der Waals surface area contributed by atoms with E-state index in [-0.39, 0.29) is 0 Å². The van der Waals surface area contributed by atoms with Gasteiger partial charge in [0.15, 0.2) is 0 Å². The van der Waals surface area contributed by atoms with Crippen molar-refractivity contribution >= 4 is 0 Å². The highest BCUT2D eigenvalue weighted by Crippen LogP contribution is 2.33. The molecule has 4 aliphatic heterocycles. The van der Waals surface area contributed by atoms with Gasteiger partial charge in [0.25, 0.3) is 0 Å². The first-order valence-corrected chi connectivity index (χ1v) is 16.3. The van der Waals surface area contributed by atoms with Crippen LogP contribution in [0.3, 0.4) is 0 Å². The highest BCUT2D eigenvalue weighted by Gasteiger charge is 2.30. The van der Waals surface area contributed by atoms with E-state index >= 15 is 0 Å². The van der Waals surface area contributed by atoms with Crippen molar-refractivity contribution in [3.63, 3.8) is 0 Å². The summed E-state index contributed by atoms with van der Waals surface area (Å²) in [6, 6.07) is 0. The van der Waals surface area contributed by atoms with Gasteiger partial charge >= 0.3 is 0 Å². The average Bonchev–Trinajstić information content (AvgIpc) is 3.57. The molecule has 4 nitrogen and oxygen atoms in total. The summed E-state index contributed by atoms with van der Waals surface area (Å²) in [5, 5.41) is 0. The van der Waals surface area contributed by atoms with Crippen molar-refractivity contribution in [1.29, 1.82) is 0 Å².